The minimum absolute atomic E-state index is 0.111. The number of carbonyl (C=O) groups excluding carboxylic acids is 2. The predicted molar refractivity (Wildman–Crippen MR) is 108 cm³/mol. The van der Waals surface area contributed by atoms with Crippen LogP contribution in [0.5, 0.6) is 0 Å². The number of carbonyl (C=O) groups is 2. The third-order valence-electron chi connectivity index (χ3n) is 5.70. The van der Waals surface area contributed by atoms with Gasteiger partial charge in [0.25, 0.3) is 0 Å². The van der Waals surface area contributed by atoms with Crippen molar-refractivity contribution in [2.75, 3.05) is 6.54 Å². The van der Waals surface area contributed by atoms with Crippen molar-refractivity contribution in [3.63, 3.8) is 0 Å². The Bertz CT molecular complexity index is 618. The SMILES string of the molecule is CC1CCC(N(C(=O)C(C)(C)C)[C@H]2C[C@@H](C#N)N(C(=O)OC(C)(C)C)C2)CC1. The smallest absolute Gasteiger partial charge is 0.411 e. The number of ether oxygens (including phenoxy) is 1. The van der Waals surface area contributed by atoms with E-state index < -0.39 is 23.2 Å². The lowest BCUT2D eigenvalue weighted by atomic mass is 9.84. The molecule has 0 aromatic heterocycles. The highest BCUT2D eigenvalue weighted by Crippen LogP contribution is 2.35. The van der Waals surface area contributed by atoms with E-state index in [-0.39, 0.29) is 18.0 Å². The summed E-state index contributed by atoms with van der Waals surface area (Å²) in [7, 11) is 0. The van der Waals surface area contributed by atoms with Crippen LogP contribution >= 0.6 is 0 Å². The number of hydrogen-bond acceptors (Lipinski definition) is 4. The maximum atomic E-state index is 13.3. The molecule has 0 unspecified atom stereocenters. The van der Waals surface area contributed by atoms with Crippen molar-refractivity contribution < 1.29 is 14.3 Å². The van der Waals surface area contributed by atoms with Crippen LogP contribution in [0.2, 0.25) is 0 Å². The van der Waals surface area contributed by atoms with Crippen LogP contribution in [0.3, 0.4) is 0 Å². The lowest BCUT2D eigenvalue weighted by molar-refractivity contribution is -0.145. The van der Waals surface area contributed by atoms with E-state index >= 15 is 0 Å². The van der Waals surface area contributed by atoms with Crippen molar-refractivity contribution in [1.82, 2.24) is 9.80 Å². The zero-order chi connectivity index (χ0) is 21.3. The van der Waals surface area contributed by atoms with Crippen molar-refractivity contribution in [2.24, 2.45) is 11.3 Å². The molecule has 1 heterocycles. The lowest BCUT2D eigenvalue weighted by Gasteiger charge is -2.42. The third-order valence-corrected chi connectivity index (χ3v) is 5.70. The molecule has 0 spiro atoms. The second-order valence-corrected chi connectivity index (χ2v) is 10.5. The molecule has 0 aromatic rings. The standard InChI is InChI=1S/C22H37N3O3/c1-15-8-10-16(11-9-15)25(19(26)21(2,3)4)18-12-17(13-23)24(14-18)20(27)28-22(5,6)7/h15-18H,8-12,14H2,1-7H3/t15?,16?,17-,18-/m0/s1. The molecule has 2 fully saturated rings. The van der Waals surface area contributed by atoms with Crippen LogP contribution < -0.4 is 0 Å². The van der Waals surface area contributed by atoms with Gasteiger partial charge in [-0.2, -0.15) is 5.26 Å². The fourth-order valence-electron chi connectivity index (χ4n) is 4.20. The molecule has 1 aliphatic heterocycles. The summed E-state index contributed by atoms with van der Waals surface area (Å²) >= 11 is 0. The molecule has 1 saturated heterocycles. The molecule has 1 aliphatic carbocycles. The zero-order valence-corrected chi connectivity index (χ0v) is 18.6. The van der Waals surface area contributed by atoms with E-state index in [0.29, 0.717) is 18.9 Å². The number of hydrogen-bond donors (Lipinski definition) is 0. The summed E-state index contributed by atoms with van der Waals surface area (Å²) in [5, 5.41) is 9.62. The summed E-state index contributed by atoms with van der Waals surface area (Å²) in [5.41, 5.74) is -1.11. The molecule has 28 heavy (non-hydrogen) atoms. The topological polar surface area (TPSA) is 73.6 Å². The van der Waals surface area contributed by atoms with Crippen molar-refractivity contribution in [2.45, 2.75) is 104 Å². The second-order valence-electron chi connectivity index (χ2n) is 10.5. The average Bonchev–Trinajstić information content (AvgIpc) is 2.98. The Morgan fingerprint density at radius 2 is 1.61 bits per heavy atom. The molecule has 1 saturated carbocycles. The molecular weight excluding hydrogens is 354 g/mol. The summed E-state index contributed by atoms with van der Waals surface area (Å²) in [4.78, 5) is 29.5. The van der Waals surface area contributed by atoms with Gasteiger partial charge in [-0.15, -0.1) is 0 Å². The first-order chi connectivity index (χ1) is 12.8. The van der Waals surface area contributed by atoms with E-state index in [2.05, 4.69) is 13.0 Å². The molecule has 0 radical (unpaired) electrons. The number of likely N-dealkylation sites (tertiary alicyclic amines) is 1. The van der Waals surface area contributed by atoms with E-state index in [9.17, 15) is 14.9 Å². The molecule has 6 heteroatoms. The monoisotopic (exact) mass is 391 g/mol. The average molecular weight is 392 g/mol. The fraction of sp³-hybridized carbons (Fsp3) is 0.864. The first-order valence-electron chi connectivity index (χ1n) is 10.6. The molecule has 0 N–H and O–H groups in total. The number of nitrogens with zero attached hydrogens (tertiary/aromatic N) is 3. The Morgan fingerprint density at radius 1 is 1.04 bits per heavy atom. The van der Waals surface area contributed by atoms with Gasteiger partial charge in [-0.3, -0.25) is 9.69 Å². The molecule has 0 aromatic carbocycles. The van der Waals surface area contributed by atoms with Crippen LogP contribution in [0.1, 0.15) is 80.6 Å². The highest BCUT2D eigenvalue weighted by molar-refractivity contribution is 5.82. The van der Waals surface area contributed by atoms with Crippen molar-refractivity contribution in [3.05, 3.63) is 0 Å². The largest absolute Gasteiger partial charge is 0.444 e. The molecule has 158 valence electrons. The summed E-state index contributed by atoms with van der Waals surface area (Å²) in [6.07, 6.45) is 4.23. The van der Waals surface area contributed by atoms with Gasteiger partial charge in [0.2, 0.25) is 5.91 Å². The second kappa shape index (κ2) is 8.31. The van der Waals surface area contributed by atoms with E-state index in [1.165, 1.54) is 4.90 Å². The van der Waals surface area contributed by atoms with Gasteiger partial charge in [0, 0.05) is 24.4 Å². The van der Waals surface area contributed by atoms with Gasteiger partial charge in [-0.05, 0) is 52.4 Å². The van der Waals surface area contributed by atoms with E-state index in [1.807, 2.05) is 46.4 Å². The highest BCUT2D eigenvalue weighted by atomic mass is 16.6. The minimum atomic E-state index is -0.615. The summed E-state index contributed by atoms with van der Waals surface area (Å²) in [6, 6.07) is 1.73. The zero-order valence-electron chi connectivity index (χ0n) is 18.6. The van der Waals surface area contributed by atoms with E-state index in [1.54, 1.807) is 0 Å². The lowest BCUT2D eigenvalue weighted by Crippen LogP contribution is -2.53. The summed E-state index contributed by atoms with van der Waals surface area (Å²) in [6.45, 7) is 13.9. The van der Waals surface area contributed by atoms with Crippen LogP contribution in [0.15, 0.2) is 0 Å². The van der Waals surface area contributed by atoms with Crippen molar-refractivity contribution in [1.29, 1.82) is 5.26 Å². The molecular formula is C22H37N3O3. The summed E-state index contributed by atoms with van der Waals surface area (Å²) < 4.78 is 5.50. The van der Waals surface area contributed by atoms with Gasteiger partial charge >= 0.3 is 6.09 Å². The Labute approximate surface area is 170 Å². The van der Waals surface area contributed by atoms with Crippen LogP contribution in [0.4, 0.5) is 4.79 Å². The Balaban J connectivity index is 2.24. The predicted octanol–water partition coefficient (Wildman–Crippen LogP) is 4.34. The van der Waals surface area contributed by atoms with E-state index in [4.69, 9.17) is 4.74 Å². The molecule has 0 bridgehead atoms. The Kier molecular flexibility index (Phi) is 6.68. The van der Waals surface area contributed by atoms with Gasteiger partial charge in [0.15, 0.2) is 0 Å². The van der Waals surface area contributed by atoms with Crippen LogP contribution in [0.25, 0.3) is 0 Å². The first kappa shape index (κ1) is 22.5. The van der Waals surface area contributed by atoms with Crippen molar-refractivity contribution in [3.8, 4) is 6.07 Å². The molecule has 6 nitrogen and oxygen atoms in total. The highest BCUT2D eigenvalue weighted by Gasteiger charge is 2.45. The molecule has 2 rings (SSSR count). The van der Waals surface area contributed by atoms with Crippen LogP contribution in [0, 0.1) is 22.7 Å². The van der Waals surface area contributed by atoms with Gasteiger partial charge < -0.3 is 9.64 Å². The first-order valence-corrected chi connectivity index (χ1v) is 10.6. The fourth-order valence-corrected chi connectivity index (χ4v) is 4.20. The van der Waals surface area contributed by atoms with E-state index in [0.717, 1.165) is 25.7 Å². The minimum Gasteiger partial charge on any atom is -0.444 e. The maximum absolute atomic E-state index is 13.3. The maximum Gasteiger partial charge on any atom is 0.411 e. The van der Waals surface area contributed by atoms with Gasteiger partial charge in [-0.1, -0.05) is 27.7 Å². The quantitative estimate of drug-likeness (QED) is 0.702. The summed E-state index contributed by atoms with van der Waals surface area (Å²) in [5.74, 6) is 0.802. The molecule has 2 aliphatic rings. The molecule has 2 atom stereocenters. The number of amides is 2. The van der Waals surface area contributed by atoms with Crippen LogP contribution in [-0.4, -0.2) is 52.1 Å². The Hall–Kier alpha value is -1.77. The third kappa shape index (κ3) is 5.40. The van der Waals surface area contributed by atoms with Gasteiger partial charge in [0.05, 0.1) is 12.1 Å². The number of rotatable bonds is 2. The van der Waals surface area contributed by atoms with Gasteiger partial charge in [-0.25, -0.2) is 4.79 Å². The number of nitriles is 1. The van der Waals surface area contributed by atoms with Crippen LogP contribution in [-0.2, 0) is 9.53 Å². The normalized spacial score (nSPS) is 28.6. The molecule has 2 amide bonds. The van der Waals surface area contributed by atoms with Gasteiger partial charge in [0.1, 0.15) is 11.6 Å². The Morgan fingerprint density at radius 3 is 2.07 bits per heavy atom. The van der Waals surface area contributed by atoms with Crippen molar-refractivity contribution >= 4 is 12.0 Å².